The predicted molar refractivity (Wildman–Crippen MR) is 392 cm³/mol. The molecule has 94 heavy (non-hydrogen) atoms. The van der Waals surface area contributed by atoms with E-state index in [4.69, 9.17) is 13.8 Å². The first-order chi connectivity index (χ1) is 56.8. The van der Waals surface area contributed by atoms with E-state index in [9.17, 15) is 32.9 Å². The molecule has 0 bridgehead atoms. The van der Waals surface area contributed by atoms with E-state index in [1.165, 1.54) is 33.4 Å². The Morgan fingerprint density at radius 2 is 1.06 bits per heavy atom. The van der Waals surface area contributed by atoms with Crippen molar-refractivity contribution >= 4 is 61.7 Å². The molecule has 11 aromatic carbocycles. The molecule has 0 saturated heterocycles. The van der Waals surface area contributed by atoms with Gasteiger partial charge in [-0.15, -0.1) is 0 Å². The minimum Gasteiger partial charge on any atom is -0.458 e. The van der Waals surface area contributed by atoms with Crippen molar-refractivity contribution in [1.82, 2.24) is 14.1 Å². The summed E-state index contributed by atoms with van der Waals surface area (Å²) in [6, 6.07) is 0.542. The van der Waals surface area contributed by atoms with E-state index in [0.29, 0.717) is 11.4 Å². The van der Waals surface area contributed by atoms with Gasteiger partial charge in [0.05, 0.1) is 70.5 Å². The molecule has 0 saturated carbocycles. The lowest BCUT2D eigenvalue weighted by atomic mass is 9.54. The zero-order valence-electron chi connectivity index (χ0n) is 79.8. The second kappa shape index (κ2) is 21.5. The van der Waals surface area contributed by atoms with Crippen LogP contribution in [0.15, 0.2) is 266 Å². The van der Waals surface area contributed by atoms with Gasteiger partial charge in [0.2, 0.25) is 0 Å². The number of fused-ring (bicyclic) bond motifs is 10. The van der Waals surface area contributed by atoms with Crippen LogP contribution in [-0.4, -0.2) is 22.2 Å². The topological polar surface area (TPSA) is 35.9 Å². The van der Waals surface area contributed by atoms with Crippen LogP contribution < -0.4 is 30.1 Å². The fourth-order valence-corrected chi connectivity index (χ4v) is 18.4. The van der Waals surface area contributed by atoms with Gasteiger partial charge in [0.1, 0.15) is 17.3 Å². The van der Waals surface area contributed by atoms with Crippen molar-refractivity contribution in [2.45, 2.75) is 103 Å². The second-order valence-corrected chi connectivity index (χ2v) is 30.8. The Hall–Kier alpha value is -10.1. The molecule has 0 N–H and O–H groups in total. The highest BCUT2D eigenvalue weighted by molar-refractivity contribution is 7.20. The molecule has 1 atom stereocenters. The molecule has 458 valence electrons. The summed E-state index contributed by atoms with van der Waals surface area (Å²) in [5.74, 6) is 1.54. The lowest BCUT2D eigenvalue weighted by Gasteiger charge is -2.51. The molecule has 1 aliphatic heterocycles. The van der Waals surface area contributed by atoms with E-state index in [-0.39, 0.29) is 66.5 Å². The minimum atomic E-state index is -6.53. The number of hydrogen-bond donors (Lipinski definition) is 0. The molecule has 5 nitrogen and oxygen atoms in total. The van der Waals surface area contributed by atoms with Crippen LogP contribution in [0.1, 0.15) is 140 Å². The third-order valence-corrected chi connectivity index (χ3v) is 23.8. The molecule has 0 spiro atoms. The lowest BCUT2D eigenvalue weighted by molar-refractivity contribution is -0.570. The molecular formula is C88H76N4OSi. The van der Waals surface area contributed by atoms with Gasteiger partial charge >= 0.3 is 0 Å². The maximum Gasteiger partial charge on any atom is 0.269 e. The molecule has 0 amide bonds. The summed E-state index contributed by atoms with van der Waals surface area (Å²) in [7, 11) is -6.53. The van der Waals surface area contributed by atoms with Gasteiger partial charge in [0.15, 0.2) is 8.07 Å². The Bertz CT molecular complexity index is 6810. The number of rotatable bonds is 9. The molecule has 1 unspecified atom stereocenters. The van der Waals surface area contributed by atoms with Gasteiger partial charge in [-0.25, -0.2) is 4.98 Å². The predicted octanol–water partition coefficient (Wildman–Crippen LogP) is 19.0. The van der Waals surface area contributed by atoms with Gasteiger partial charge in [-0.3, -0.25) is 13.7 Å². The number of nitrogens with zero attached hydrogens (tertiary/aromatic N) is 4. The number of hydrogen-bond acceptors (Lipinski definition) is 2. The van der Waals surface area contributed by atoms with Gasteiger partial charge in [0.25, 0.3) is 6.33 Å². The fraction of sp³-hybridized carbons (Fsp3) is 0.182. The Labute approximate surface area is 591 Å². The van der Waals surface area contributed by atoms with Crippen LogP contribution in [0.4, 0.5) is 0 Å². The zero-order valence-corrected chi connectivity index (χ0v) is 53.8. The van der Waals surface area contributed by atoms with Gasteiger partial charge in [-0.05, 0) is 166 Å². The number of pyridine rings is 1. The molecule has 0 fully saturated rings. The van der Waals surface area contributed by atoms with Crippen molar-refractivity contribution in [1.29, 1.82) is 0 Å². The van der Waals surface area contributed by atoms with Crippen LogP contribution in [-0.2, 0) is 21.7 Å². The number of ether oxygens (including phenoxy) is 1. The van der Waals surface area contributed by atoms with E-state index in [0.717, 1.165) is 53.3 Å². The second-order valence-electron chi connectivity index (χ2n) is 27.3. The first-order valence-corrected chi connectivity index (χ1v) is 33.4. The smallest absolute Gasteiger partial charge is 0.269 e. The number of imidazole rings is 1. The van der Waals surface area contributed by atoms with Crippen molar-refractivity contribution in [2.75, 3.05) is 0 Å². The normalized spacial score (nSPS) is 20.1. The average molecular weight is 1260 g/mol. The summed E-state index contributed by atoms with van der Waals surface area (Å²) in [6.07, 6.45) is 9.64. The summed E-state index contributed by atoms with van der Waals surface area (Å²) < 4.78 is 275. The number of aromatic nitrogens is 4. The summed E-state index contributed by atoms with van der Waals surface area (Å²) in [5, 5.41) is -2.40. The highest BCUT2D eigenvalue weighted by atomic mass is 28.3. The zero-order chi connectivity index (χ0) is 87.4. The molecular weight excluding hydrogens is 1160 g/mol. The van der Waals surface area contributed by atoms with Crippen molar-refractivity contribution in [3.8, 4) is 73.2 Å². The third kappa shape index (κ3) is 8.93. The van der Waals surface area contributed by atoms with E-state index < -0.39 is 220 Å². The van der Waals surface area contributed by atoms with Crippen LogP contribution in [0.2, 0.25) is 0 Å². The van der Waals surface area contributed by atoms with Crippen molar-refractivity contribution < 1.29 is 46.3 Å². The van der Waals surface area contributed by atoms with Crippen LogP contribution >= 0.6 is 0 Å². The molecule has 4 heterocycles. The summed E-state index contributed by atoms with van der Waals surface area (Å²) in [5.41, 5.74) is 1.56. The maximum atomic E-state index is 11.3. The molecule has 2 aliphatic carbocycles. The van der Waals surface area contributed by atoms with E-state index in [2.05, 4.69) is 63.8 Å². The van der Waals surface area contributed by atoms with E-state index in [1.54, 1.807) is 67.8 Å². The van der Waals surface area contributed by atoms with Gasteiger partial charge in [-0.2, -0.15) is 0 Å². The van der Waals surface area contributed by atoms with E-state index in [1.807, 2.05) is 30.3 Å². The Balaban J connectivity index is 1.01. The van der Waals surface area contributed by atoms with Gasteiger partial charge in [-0.1, -0.05) is 273 Å². The SMILES string of the molecule is [2H]c1c([2H])c([2H])c([Si](c2c([2H])c([2H])c([2H])c([2H])c2[2H])(c2c([2H])c([2H])c([2H])c([2H])c2[2H])c2c([2H])c([2H])c([2H])c(-c3cc(C(C)(C)C)cc4c3-[n+]3[c-]n(-c5cccc(Oc6ccc7c8ccccc8n(-c8ncc9c%10c8C(C)(C)CCC%10(C)CCC9(C)C)c7c6)c5)c5cccc(c53)-c3c([2H])c([2H])c([2H])c([2H])c3-c3c([2H])c([2H])c([2H])c([2H])c3-4)c2[2H])c([2H])c1[2H]. The highest BCUT2D eigenvalue weighted by Crippen LogP contribution is 2.57. The molecule has 6 heteroatoms. The van der Waals surface area contributed by atoms with Gasteiger partial charge in [0, 0.05) is 28.6 Å². The van der Waals surface area contributed by atoms with Crippen LogP contribution in [0, 0.1) is 6.33 Å². The van der Waals surface area contributed by atoms with Gasteiger partial charge < -0.3 is 4.74 Å². The lowest BCUT2D eigenvalue weighted by Crippen LogP contribution is -2.74. The fourth-order valence-electron chi connectivity index (χ4n) is 14.9. The maximum absolute atomic E-state index is 11.3. The molecule has 3 aromatic heterocycles. The summed E-state index contributed by atoms with van der Waals surface area (Å²) in [4.78, 5) is 5.45. The molecule has 14 aromatic rings. The Morgan fingerprint density at radius 1 is 0.500 bits per heavy atom. The molecule has 0 radical (unpaired) electrons. The Kier molecular flexibility index (Phi) is 8.17. The van der Waals surface area contributed by atoms with Crippen molar-refractivity contribution in [3.05, 3.63) is 295 Å². The van der Waals surface area contributed by atoms with Crippen LogP contribution in [0.5, 0.6) is 11.5 Å². The number of para-hydroxylation sites is 2. The molecule has 17 rings (SSSR count). The largest absolute Gasteiger partial charge is 0.458 e. The first-order valence-electron chi connectivity index (χ1n) is 44.9. The third-order valence-electron chi connectivity index (χ3n) is 19.8. The number of benzene rings is 11. The highest BCUT2D eigenvalue weighted by Gasteiger charge is 2.49. The van der Waals surface area contributed by atoms with E-state index >= 15 is 0 Å². The standard InChI is InChI=1S/C88H76N4OSi/c1-85(2,3)59-52-74(58-27-24-36-66(51-58)94(63-30-12-9-13-31-63,64-32-14-10-15-33-64)65-34-16-11-17-35-65)82-75(53-59)70-40-21-19-38-68(70)67-37-18-20-39-69(67)73-42-26-44-78-83(73)91(82)57-90(78)60-28-25-29-61(54-60)93-62-45-46-72-71-41-22-23-43-77(71)92(79(72)55-62)84-81-80-76(56-89-84)86(4,5)47-49-88(80,8)50-48-87(81,6)7/h9-46,51-56H,47-50H2,1-8H3/i9D,10D,11D,12D,13D,14D,15D,16D,17D,18D,19D,20D,21D,24D,27D,30D,31D,32D,33D,34D,35D,36D,37D,38D,39D,40D,51D. The van der Waals surface area contributed by atoms with Crippen LogP contribution in [0.25, 0.3) is 94.5 Å². The quantitative estimate of drug-likeness (QED) is 0.0625. The first kappa shape index (κ1) is 35.8. The van der Waals surface area contributed by atoms with Crippen molar-refractivity contribution in [3.63, 3.8) is 0 Å². The summed E-state index contributed by atoms with van der Waals surface area (Å²) >= 11 is 0. The minimum absolute atomic E-state index is 0.0110. The summed E-state index contributed by atoms with van der Waals surface area (Å²) in [6.45, 7) is 16.9. The van der Waals surface area contributed by atoms with Crippen LogP contribution in [0.3, 0.4) is 0 Å². The molecule has 3 aliphatic rings. The average Bonchev–Trinajstić information content (AvgIpc) is 1.04. The monoisotopic (exact) mass is 1260 g/mol. The van der Waals surface area contributed by atoms with Crippen molar-refractivity contribution in [2.24, 2.45) is 0 Å². The Morgan fingerprint density at radius 3 is 1.73 bits per heavy atom.